The molecule has 1 aromatic rings. The molecule has 1 aliphatic heterocycles. The summed E-state index contributed by atoms with van der Waals surface area (Å²) in [5.41, 5.74) is 0. The minimum Gasteiger partial charge on any atom is -0.351 e. The van der Waals surface area contributed by atoms with Crippen molar-refractivity contribution < 1.29 is 21.6 Å². The number of hydrogen-bond acceptors (Lipinski definition) is 5. The number of hydrogen-bond donors (Lipinski definition) is 2. The van der Waals surface area contributed by atoms with Gasteiger partial charge in [-0.3, -0.25) is 4.79 Å². The molecule has 7 nitrogen and oxygen atoms in total. The van der Waals surface area contributed by atoms with E-state index < -0.39 is 38.4 Å². The largest absolute Gasteiger partial charge is 0.351 e. The Morgan fingerprint density at radius 2 is 1.91 bits per heavy atom. The summed E-state index contributed by atoms with van der Waals surface area (Å²) in [5.74, 6) is -0.642. The van der Waals surface area contributed by atoms with Crippen LogP contribution in [0.2, 0.25) is 5.02 Å². The van der Waals surface area contributed by atoms with Crippen molar-refractivity contribution in [1.29, 1.82) is 0 Å². The molecule has 1 saturated heterocycles. The number of sulfonamides is 1. The lowest BCUT2D eigenvalue weighted by Crippen LogP contribution is -2.42. The van der Waals surface area contributed by atoms with E-state index >= 15 is 0 Å². The van der Waals surface area contributed by atoms with Crippen LogP contribution in [-0.2, 0) is 24.7 Å². The van der Waals surface area contributed by atoms with Crippen LogP contribution in [0.25, 0.3) is 0 Å². The summed E-state index contributed by atoms with van der Waals surface area (Å²) in [4.78, 5) is 11.7. The van der Waals surface area contributed by atoms with Gasteiger partial charge in [0.15, 0.2) is 9.84 Å². The number of sulfone groups is 1. The highest BCUT2D eigenvalue weighted by molar-refractivity contribution is 7.91. The van der Waals surface area contributed by atoms with Gasteiger partial charge in [0.05, 0.1) is 22.9 Å². The topological polar surface area (TPSA) is 109 Å². The van der Waals surface area contributed by atoms with E-state index in [0.29, 0.717) is 11.4 Å². The van der Waals surface area contributed by atoms with Crippen LogP contribution < -0.4 is 10.0 Å². The molecule has 0 spiro atoms. The van der Waals surface area contributed by atoms with Gasteiger partial charge in [0, 0.05) is 11.1 Å². The molecule has 122 valence electrons. The Morgan fingerprint density at radius 1 is 1.27 bits per heavy atom. The average molecular weight is 367 g/mol. The first-order chi connectivity index (χ1) is 10.2. The molecule has 0 bridgehead atoms. The summed E-state index contributed by atoms with van der Waals surface area (Å²) in [6.07, 6.45) is 0.345. The number of carbonyl (C=O) groups is 1. The molecule has 22 heavy (non-hydrogen) atoms. The van der Waals surface area contributed by atoms with Gasteiger partial charge in [0.25, 0.3) is 0 Å². The molecule has 1 atom stereocenters. The Morgan fingerprint density at radius 3 is 2.45 bits per heavy atom. The van der Waals surface area contributed by atoms with Crippen LogP contribution in [0.1, 0.15) is 6.42 Å². The molecule has 1 unspecified atom stereocenters. The second-order valence-corrected chi connectivity index (χ2v) is 9.38. The van der Waals surface area contributed by atoms with E-state index in [0.717, 1.165) is 0 Å². The lowest BCUT2D eigenvalue weighted by molar-refractivity contribution is -0.120. The fourth-order valence-corrected chi connectivity index (χ4v) is 4.83. The van der Waals surface area contributed by atoms with E-state index in [1.165, 1.54) is 24.3 Å². The zero-order valence-electron chi connectivity index (χ0n) is 11.5. The fourth-order valence-electron chi connectivity index (χ4n) is 2.05. The molecular weight excluding hydrogens is 352 g/mol. The van der Waals surface area contributed by atoms with Crippen LogP contribution in [0.3, 0.4) is 0 Å². The Kier molecular flexibility index (Phi) is 5.10. The van der Waals surface area contributed by atoms with Crippen LogP contribution in [0.4, 0.5) is 0 Å². The highest BCUT2D eigenvalue weighted by Gasteiger charge is 2.29. The molecule has 1 aromatic carbocycles. The molecule has 1 heterocycles. The van der Waals surface area contributed by atoms with E-state index in [1.54, 1.807) is 0 Å². The Balaban J connectivity index is 1.89. The Hall–Kier alpha value is -1.16. The van der Waals surface area contributed by atoms with Crippen molar-refractivity contribution in [2.45, 2.75) is 17.4 Å². The molecule has 2 rings (SSSR count). The third kappa shape index (κ3) is 4.67. The average Bonchev–Trinajstić information content (AvgIpc) is 2.76. The Bertz CT molecular complexity index is 759. The first kappa shape index (κ1) is 17.2. The second kappa shape index (κ2) is 6.53. The van der Waals surface area contributed by atoms with E-state index in [4.69, 9.17) is 11.6 Å². The van der Waals surface area contributed by atoms with Crippen molar-refractivity contribution in [3.05, 3.63) is 29.3 Å². The fraction of sp³-hybridized carbons (Fsp3) is 0.417. The lowest BCUT2D eigenvalue weighted by Gasteiger charge is -2.11. The van der Waals surface area contributed by atoms with Crippen molar-refractivity contribution in [3.8, 4) is 0 Å². The smallest absolute Gasteiger partial charge is 0.241 e. The maximum atomic E-state index is 12.0. The predicted molar refractivity (Wildman–Crippen MR) is 81.8 cm³/mol. The first-order valence-electron chi connectivity index (χ1n) is 6.43. The van der Waals surface area contributed by atoms with Gasteiger partial charge in [-0.05, 0) is 30.7 Å². The zero-order chi connectivity index (χ0) is 16.4. The van der Waals surface area contributed by atoms with Crippen LogP contribution in [0.5, 0.6) is 0 Å². The SMILES string of the molecule is O=C(CNS(=O)(=O)c1ccc(Cl)cc1)NC1CCS(=O)(=O)C1. The van der Waals surface area contributed by atoms with Gasteiger partial charge in [-0.2, -0.15) is 0 Å². The summed E-state index contributed by atoms with van der Waals surface area (Å²) < 4.78 is 48.6. The molecule has 0 saturated carbocycles. The van der Waals surface area contributed by atoms with E-state index in [9.17, 15) is 21.6 Å². The molecule has 1 aliphatic rings. The predicted octanol–water partition coefficient (Wildman–Crippen LogP) is -0.0784. The number of halogens is 1. The van der Waals surface area contributed by atoms with Crippen LogP contribution in [-0.4, -0.2) is 46.8 Å². The number of carbonyl (C=O) groups excluding carboxylic acids is 1. The van der Waals surface area contributed by atoms with Crippen LogP contribution in [0.15, 0.2) is 29.2 Å². The third-order valence-electron chi connectivity index (χ3n) is 3.14. The summed E-state index contributed by atoms with van der Waals surface area (Å²) in [7, 11) is -6.91. The van der Waals surface area contributed by atoms with Gasteiger partial charge in [-0.25, -0.2) is 21.6 Å². The molecule has 1 fully saturated rings. The van der Waals surface area contributed by atoms with Gasteiger partial charge in [0.2, 0.25) is 15.9 Å². The summed E-state index contributed by atoms with van der Waals surface area (Å²) in [6.45, 7) is -0.457. The lowest BCUT2D eigenvalue weighted by atomic mass is 10.2. The van der Waals surface area contributed by atoms with Crippen molar-refractivity contribution in [3.63, 3.8) is 0 Å². The molecule has 10 heteroatoms. The molecule has 0 aromatic heterocycles. The van der Waals surface area contributed by atoms with Gasteiger partial charge in [0.1, 0.15) is 0 Å². The molecule has 2 N–H and O–H groups in total. The van der Waals surface area contributed by atoms with Gasteiger partial charge < -0.3 is 5.32 Å². The van der Waals surface area contributed by atoms with Crippen molar-refractivity contribution in [2.24, 2.45) is 0 Å². The molecule has 0 radical (unpaired) electrons. The highest BCUT2D eigenvalue weighted by atomic mass is 35.5. The Labute approximate surface area is 134 Å². The van der Waals surface area contributed by atoms with E-state index in [1.807, 2.05) is 0 Å². The van der Waals surface area contributed by atoms with Gasteiger partial charge in [-0.15, -0.1) is 0 Å². The third-order valence-corrected chi connectivity index (χ3v) is 6.58. The number of benzene rings is 1. The van der Waals surface area contributed by atoms with Crippen LogP contribution >= 0.6 is 11.6 Å². The van der Waals surface area contributed by atoms with Crippen molar-refractivity contribution in [1.82, 2.24) is 10.0 Å². The normalized spacial score (nSPS) is 20.7. The van der Waals surface area contributed by atoms with Gasteiger partial charge >= 0.3 is 0 Å². The maximum absolute atomic E-state index is 12.0. The summed E-state index contributed by atoms with van der Waals surface area (Å²) in [6, 6.07) is 5.05. The van der Waals surface area contributed by atoms with E-state index in [2.05, 4.69) is 10.0 Å². The maximum Gasteiger partial charge on any atom is 0.241 e. The highest BCUT2D eigenvalue weighted by Crippen LogP contribution is 2.14. The number of amides is 1. The zero-order valence-corrected chi connectivity index (χ0v) is 13.8. The van der Waals surface area contributed by atoms with Gasteiger partial charge in [-0.1, -0.05) is 11.6 Å². The van der Waals surface area contributed by atoms with E-state index in [-0.39, 0.29) is 16.4 Å². The first-order valence-corrected chi connectivity index (χ1v) is 10.1. The quantitative estimate of drug-likeness (QED) is 0.757. The van der Waals surface area contributed by atoms with Crippen molar-refractivity contribution in [2.75, 3.05) is 18.1 Å². The molecule has 0 aliphatic carbocycles. The standard InChI is InChI=1S/C12H15ClN2O5S2/c13-9-1-3-11(4-2-9)22(19,20)14-7-12(16)15-10-5-6-21(17,18)8-10/h1-4,10,14H,5-8H2,(H,15,16). The number of rotatable bonds is 5. The summed E-state index contributed by atoms with van der Waals surface area (Å²) >= 11 is 5.68. The molecule has 1 amide bonds. The van der Waals surface area contributed by atoms with Crippen LogP contribution in [0, 0.1) is 0 Å². The molecular formula is C12H15ClN2O5S2. The second-order valence-electron chi connectivity index (χ2n) is 4.95. The van der Waals surface area contributed by atoms with Crippen molar-refractivity contribution >= 4 is 37.4 Å². The summed E-state index contributed by atoms with van der Waals surface area (Å²) in [5, 5.41) is 2.90. The minimum absolute atomic E-state index is 0.00635. The number of nitrogens with one attached hydrogen (secondary N) is 2. The monoisotopic (exact) mass is 366 g/mol. The minimum atomic E-state index is -3.82.